The summed E-state index contributed by atoms with van der Waals surface area (Å²) in [6.45, 7) is 4.11. The molecule has 1 fully saturated rings. The Morgan fingerprint density at radius 1 is 1.22 bits per heavy atom. The van der Waals surface area contributed by atoms with Crippen molar-refractivity contribution in [1.29, 1.82) is 0 Å². The van der Waals surface area contributed by atoms with E-state index in [1.54, 1.807) is 17.4 Å². The number of amides is 1. The van der Waals surface area contributed by atoms with Gasteiger partial charge in [0.05, 0.1) is 6.10 Å². The second-order valence-electron chi connectivity index (χ2n) is 7.20. The summed E-state index contributed by atoms with van der Waals surface area (Å²) in [7, 11) is 4.05. The van der Waals surface area contributed by atoms with Crippen molar-refractivity contribution in [2.24, 2.45) is 0 Å². The van der Waals surface area contributed by atoms with Crippen LogP contribution in [0.25, 0.3) is 6.08 Å². The number of rotatable bonds is 7. The molecule has 0 saturated carbocycles. The highest BCUT2D eigenvalue weighted by atomic mass is 32.1. The van der Waals surface area contributed by atoms with Gasteiger partial charge < -0.3 is 14.5 Å². The lowest BCUT2D eigenvalue weighted by Crippen LogP contribution is -2.35. The molecule has 0 N–H and O–H groups in total. The van der Waals surface area contributed by atoms with E-state index in [9.17, 15) is 4.79 Å². The van der Waals surface area contributed by atoms with Crippen molar-refractivity contribution in [1.82, 2.24) is 4.90 Å². The van der Waals surface area contributed by atoms with Crippen LogP contribution in [-0.2, 0) is 16.1 Å². The van der Waals surface area contributed by atoms with E-state index in [2.05, 4.69) is 42.2 Å². The number of ether oxygens (including phenoxy) is 1. The molecule has 0 aliphatic carbocycles. The van der Waals surface area contributed by atoms with Gasteiger partial charge in [-0.3, -0.25) is 4.79 Å². The van der Waals surface area contributed by atoms with E-state index in [0.717, 1.165) is 35.6 Å². The number of anilines is 1. The van der Waals surface area contributed by atoms with Gasteiger partial charge in [0.15, 0.2) is 0 Å². The number of benzene rings is 1. The number of thiophene rings is 1. The fourth-order valence-corrected chi connectivity index (χ4v) is 3.97. The van der Waals surface area contributed by atoms with E-state index in [-0.39, 0.29) is 12.0 Å². The Balaban J connectivity index is 1.71. The predicted molar refractivity (Wildman–Crippen MR) is 113 cm³/mol. The normalized spacial score (nSPS) is 16.8. The first-order valence-corrected chi connectivity index (χ1v) is 10.2. The van der Waals surface area contributed by atoms with Gasteiger partial charge in [0, 0.05) is 55.3 Å². The molecule has 144 valence electrons. The maximum atomic E-state index is 12.9. The van der Waals surface area contributed by atoms with Gasteiger partial charge in [0.2, 0.25) is 5.91 Å². The minimum Gasteiger partial charge on any atom is -0.378 e. The van der Waals surface area contributed by atoms with Gasteiger partial charge in [-0.2, -0.15) is 0 Å². The molecule has 1 saturated heterocycles. The topological polar surface area (TPSA) is 32.8 Å². The molecule has 2 heterocycles. The van der Waals surface area contributed by atoms with Crippen LogP contribution in [0.3, 0.4) is 0 Å². The van der Waals surface area contributed by atoms with Crippen LogP contribution in [-0.4, -0.2) is 44.2 Å². The molecule has 4 nitrogen and oxygen atoms in total. The summed E-state index contributed by atoms with van der Waals surface area (Å²) in [5.41, 5.74) is 2.29. The smallest absolute Gasteiger partial charge is 0.246 e. The van der Waals surface area contributed by atoms with Crippen molar-refractivity contribution in [2.75, 3.05) is 32.1 Å². The van der Waals surface area contributed by atoms with Crippen molar-refractivity contribution in [3.63, 3.8) is 0 Å². The molecule has 27 heavy (non-hydrogen) atoms. The van der Waals surface area contributed by atoms with Gasteiger partial charge in [-0.05, 0) is 55.7 Å². The van der Waals surface area contributed by atoms with E-state index in [0.29, 0.717) is 13.1 Å². The lowest BCUT2D eigenvalue weighted by atomic mass is 10.1. The lowest BCUT2D eigenvalue weighted by molar-refractivity contribution is -0.128. The third-order valence-corrected chi connectivity index (χ3v) is 5.70. The van der Waals surface area contributed by atoms with Crippen molar-refractivity contribution in [3.8, 4) is 0 Å². The highest BCUT2D eigenvalue weighted by Crippen LogP contribution is 2.19. The Hall–Kier alpha value is -2.11. The molecule has 1 atom stereocenters. The van der Waals surface area contributed by atoms with E-state index in [1.165, 1.54) is 4.88 Å². The number of aryl methyl sites for hydroxylation is 1. The van der Waals surface area contributed by atoms with Gasteiger partial charge in [0.1, 0.15) is 0 Å². The monoisotopic (exact) mass is 384 g/mol. The molecular formula is C22H28N2O2S. The van der Waals surface area contributed by atoms with Crippen molar-refractivity contribution in [3.05, 3.63) is 57.8 Å². The number of hydrogen-bond acceptors (Lipinski definition) is 4. The molecule has 1 unspecified atom stereocenters. The fraction of sp³-hybridized carbons (Fsp3) is 0.409. The van der Waals surface area contributed by atoms with E-state index < -0.39 is 0 Å². The molecule has 1 aromatic carbocycles. The average Bonchev–Trinajstić information content (AvgIpc) is 3.31. The molecule has 5 heteroatoms. The van der Waals surface area contributed by atoms with Crippen LogP contribution in [0.15, 0.2) is 42.5 Å². The Morgan fingerprint density at radius 2 is 2.00 bits per heavy atom. The quantitative estimate of drug-likeness (QED) is 0.666. The first-order chi connectivity index (χ1) is 13.0. The average molecular weight is 385 g/mol. The zero-order valence-corrected chi connectivity index (χ0v) is 17.2. The van der Waals surface area contributed by atoms with Crippen LogP contribution in [0.2, 0.25) is 0 Å². The molecule has 1 aliphatic rings. The third-order valence-electron chi connectivity index (χ3n) is 4.74. The Morgan fingerprint density at radius 3 is 2.59 bits per heavy atom. The Bertz CT molecular complexity index is 774. The second kappa shape index (κ2) is 9.20. The summed E-state index contributed by atoms with van der Waals surface area (Å²) in [6.07, 6.45) is 5.85. The Kier molecular flexibility index (Phi) is 6.69. The van der Waals surface area contributed by atoms with Crippen LogP contribution in [0, 0.1) is 6.92 Å². The number of carbonyl (C=O) groups excluding carboxylic acids is 1. The lowest BCUT2D eigenvalue weighted by Gasteiger charge is -2.25. The molecule has 0 spiro atoms. The Labute approximate surface area is 166 Å². The van der Waals surface area contributed by atoms with Crippen LogP contribution in [0.5, 0.6) is 0 Å². The summed E-state index contributed by atoms with van der Waals surface area (Å²) >= 11 is 1.70. The summed E-state index contributed by atoms with van der Waals surface area (Å²) in [6, 6.07) is 12.5. The highest BCUT2D eigenvalue weighted by molar-refractivity contribution is 7.12. The van der Waals surface area contributed by atoms with E-state index in [1.807, 2.05) is 31.1 Å². The molecule has 1 aliphatic heterocycles. The molecule has 3 rings (SSSR count). The fourth-order valence-electron chi connectivity index (χ4n) is 3.19. The largest absolute Gasteiger partial charge is 0.378 e. The SMILES string of the molecule is Cc1ccc(C=CC(=O)N(Cc2ccc(N(C)C)cc2)CC2CCCO2)s1. The van der Waals surface area contributed by atoms with E-state index >= 15 is 0 Å². The van der Waals surface area contributed by atoms with Crippen LogP contribution >= 0.6 is 11.3 Å². The van der Waals surface area contributed by atoms with Crippen molar-refractivity contribution in [2.45, 2.75) is 32.4 Å². The zero-order valence-electron chi connectivity index (χ0n) is 16.4. The van der Waals surface area contributed by atoms with Gasteiger partial charge in [-0.1, -0.05) is 12.1 Å². The number of carbonyl (C=O) groups is 1. The molecule has 1 aromatic heterocycles. The molecule has 1 amide bonds. The summed E-state index contributed by atoms with van der Waals surface area (Å²) in [4.78, 5) is 19.2. The maximum Gasteiger partial charge on any atom is 0.246 e. The zero-order chi connectivity index (χ0) is 19.2. The van der Waals surface area contributed by atoms with Crippen LogP contribution in [0.1, 0.15) is 28.2 Å². The third kappa shape index (κ3) is 5.68. The summed E-state index contributed by atoms with van der Waals surface area (Å²) in [5, 5.41) is 0. The summed E-state index contributed by atoms with van der Waals surface area (Å²) < 4.78 is 5.77. The molecule has 0 radical (unpaired) electrons. The standard InChI is InChI=1S/C22H28N2O2S/c1-17-6-11-21(27-17)12-13-22(25)24(16-20-5-4-14-26-20)15-18-7-9-19(10-8-18)23(2)3/h6-13,20H,4-5,14-16H2,1-3H3. The van der Waals surface area contributed by atoms with Gasteiger partial charge >= 0.3 is 0 Å². The van der Waals surface area contributed by atoms with Gasteiger partial charge in [-0.15, -0.1) is 11.3 Å². The molecule has 0 bridgehead atoms. The first kappa shape index (κ1) is 19.6. The van der Waals surface area contributed by atoms with Crippen LogP contribution in [0.4, 0.5) is 5.69 Å². The van der Waals surface area contributed by atoms with Crippen molar-refractivity contribution >= 4 is 29.0 Å². The van der Waals surface area contributed by atoms with Gasteiger partial charge in [-0.25, -0.2) is 0 Å². The van der Waals surface area contributed by atoms with E-state index in [4.69, 9.17) is 4.74 Å². The van der Waals surface area contributed by atoms with Crippen LogP contribution < -0.4 is 4.90 Å². The highest BCUT2D eigenvalue weighted by Gasteiger charge is 2.21. The molecular weight excluding hydrogens is 356 g/mol. The number of nitrogens with zero attached hydrogens (tertiary/aromatic N) is 2. The molecule has 2 aromatic rings. The van der Waals surface area contributed by atoms with Gasteiger partial charge in [0.25, 0.3) is 0 Å². The first-order valence-electron chi connectivity index (χ1n) is 9.42. The maximum absolute atomic E-state index is 12.9. The minimum absolute atomic E-state index is 0.0354. The minimum atomic E-state index is 0.0354. The predicted octanol–water partition coefficient (Wildman–Crippen LogP) is 4.34. The second-order valence-corrected chi connectivity index (χ2v) is 8.52. The number of hydrogen-bond donors (Lipinski definition) is 0. The summed E-state index contributed by atoms with van der Waals surface area (Å²) in [5.74, 6) is 0.0354. The van der Waals surface area contributed by atoms with Crippen molar-refractivity contribution < 1.29 is 9.53 Å².